The monoisotopic (exact) mass is 266 g/mol. The lowest BCUT2D eigenvalue weighted by Gasteiger charge is -2.15. The third kappa shape index (κ3) is 4.38. The van der Waals surface area contributed by atoms with Crippen molar-refractivity contribution in [2.24, 2.45) is 0 Å². The number of nitro benzene ring substituents is 1. The number of methoxy groups -OCH3 is 1. The van der Waals surface area contributed by atoms with Gasteiger partial charge in [0.1, 0.15) is 6.04 Å². The third-order valence-electron chi connectivity index (χ3n) is 2.42. The van der Waals surface area contributed by atoms with E-state index < -0.39 is 16.9 Å². The highest BCUT2D eigenvalue weighted by Crippen LogP contribution is 2.14. The number of carbonyl (C=O) groups excluding carboxylic acids is 2. The van der Waals surface area contributed by atoms with Crippen LogP contribution < -0.4 is 5.32 Å². The second kappa shape index (κ2) is 6.48. The van der Waals surface area contributed by atoms with Crippen LogP contribution in [0.4, 0.5) is 5.69 Å². The van der Waals surface area contributed by atoms with Gasteiger partial charge in [0.15, 0.2) is 0 Å². The molecule has 1 amide bonds. The first-order valence-electron chi connectivity index (χ1n) is 5.52. The molecule has 0 fully saturated rings. The van der Waals surface area contributed by atoms with Crippen molar-refractivity contribution < 1.29 is 19.2 Å². The molecular formula is C12H14N2O5. The minimum atomic E-state index is -0.857. The molecule has 1 unspecified atom stereocenters. The van der Waals surface area contributed by atoms with Crippen LogP contribution in [0.2, 0.25) is 0 Å². The van der Waals surface area contributed by atoms with Crippen LogP contribution in [0.15, 0.2) is 24.3 Å². The average molecular weight is 266 g/mol. The summed E-state index contributed by atoms with van der Waals surface area (Å²) >= 11 is 0. The molecule has 0 aromatic heterocycles. The summed E-state index contributed by atoms with van der Waals surface area (Å²) in [5.74, 6) is -0.970. The lowest BCUT2D eigenvalue weighted by Crippen LogP contribution is -2.41. The summed E-state index contributed by atoms with van der Waals surface area (Å²) < 4.78 is 4.58. The van der Waals surface area contributed by atoms with E-state index in [1.54, 1.807) is 6.07 Å². The lowest BCUT2D eigenvalue weighted by molar-refractivity contribution is -0.384. The van der Waals surface area contributed by atoms with Crippen molar-refractivity contribution >= 4 is 17.6 Å². The third-order valence-corrected chi connectivity index (χ3v) is 2.42. The summed E-state index contributed by atoms with van der Waals surface area (Å²) in [4.78, 5) is 32.6. The molecule has 0 saturated carbocycles. The number of hydrogen-bond acceptors (Lipinski definition) is 5. The van der Waals surface area contributed by atoms with Gasteiger partial charge in [-0.15, -0.1) is 0 Å². The zero-order valence-electron chi connectivity index (χ0n) is 10.6. The van der Waals surface area contributed by atoms with E-state index in [4.69, 9.17) is 0 Å². The number of hydrogen-bond donors (Lipinski definition) is 1. The van der Waals surface area contributed by atoms with Crippen molar-refractivity contribution in [1.29, 1.82) is 0 Å². The molecule has 0 bridgehead atoms. The maximum Gasteiger partial charge on any atom is 0.328 e. The normalized spacial score (nSPS) is 11.5. The highest BCUT2D eigenvalue weighted by molar-refractivity contribution is 5.83. The summed E-state index contributed by atoms with van der Waals surface area (Å²) in [6, 6.07) is 5.03. The first-order chi connectivity index (χ1) is 8.93. The van der Waals surface area contributed by atoms with Gasteiger partial charge in [-0.3, -0.25) is 14.9 Å². The molecule has 1 N–H and O–H groups in total. The Bertz CT molecular complexity index is 501. The molecule has 102 valence electrons. The minimum absolute atomic E-state index is 0.0658. The number of carbonyl (C=O) groups is 2. The van der Waals surface area contributed by atoms with Crippen LogP contribution in [0.5, 0.6) is 0 Å². The maximum absolute atomic E-state index is 11.5. The number of rotatable bonds is 5. The second-order valence-corrected chi connectivity index (χ2v) is 3.91. The number of nitrogens with zero attached hydrogens (tertiary/aromatic N) is 1. The van der Waals surface area contributed by atoms with Crippen LogP contribution in [0, 0.1) is 10.1 Å². The first kappa shape index (κ1) is 14.6. The van der Waals surface area contributed by atoms with Gasteiger partial charge in [0.05, 0.1) is 12.0 Å². The fraction of sp³-hybridized carbons (Fsp3) is 0.333. The number of nitro groups is 1. The van der Waals surface area contributed by atoms with Gasteiger partial charge in [-0.2, -0.15) is 0 Å². The molecule has 1 aromatic carbocycles. The number of ether oxygens (including phenoxy) is 1. The predicted octanol–water partition coefficient (Wildman–Crippen LogP) is 0.815. The van der Waals surface area contributed by atoms with E-state index in [0.717, 1.165) is 0 Å². The summed E-state index contributed by atoms with van der Waals surface area (Å²) in [6.07, 6.45) is 0.133. The van der Waals surface area contributed by atoms with Crippen molar-refractivity contribution in [2.75, 3.05) is 7.11 Å². The van der Waals surface area contributed by atoms with E-state index in [0.29, 0.717) is 5.56 Å². The molecule has 0 aliphatic rings. The van der Waals surface area contributed by atoms with Gasteiger partial charge >= 0.3 is 5.97 Å². The van der Waals surface area contributed by atoms with E-state index in [2.05, 4.69) is 10.1 Å². The number of non-ortho nitro benzene ring substituents is 1. The number of amides is 1. The molecule has 19 heavy (non-hydrogen) atoms. The van der Waals surface area contributed by atoms with Gasteiger partial charge in [-0.05, 0) is 5.56 Å². The predicted molar refractivity (Wildman–Crippen MR) is 66.4 cm³/mol. The smallest absolute Gasteiger partial charge is 0.328 e. The van der Waals surface area contributed by atoms with Crippen LogP contribution in [0.25, 0.3) is 0 Å². The Morgan fingerprint density at radius 3 is 2.68 bits per heavy atom. The van der Waals surface area contributed by atoms with E-state index in [-0.39, 0.29) is 18.0 Å². The minimum Gasteiger partial charge on any atom is -0.467 e. The fourth-order valence-electron chi connectivity index (χ4n) is 1.61. The topological polar surface area (TPSA) is 98.5 Å². The fourth-order valence-corrected chi connectivity index (χ4v) is 1.61. The molecule has 1 aromatic rings. The van der Waals surface area contributed by atoms with Crippen LogP contribution in [0.1, 0.15) is 12.5 Å². The van der Waals surface area contributed by atoms with Crippen molar-refractivity contribution in [2.45, 2.75) is 19.4 Å². The molecule has 0 radical (unpaired) electrons. The Kier molecular flexibility index (Phi) is 4.99. The Morgan fingerprint density at radius 1 is 1.47 bits per heavy atom. The molecule has 7 nitrogen and oxygen atoms in total. The van der Waals surface area contributed by atoms with Crippen LogP contribution in [-0.2, 0) is 20.7 Å². The molecule has 0 aliphatic heterocycles. The summed E-state index contributed by atoms with van der Waals surface area (Å²) in [5.41, 5.74) is 0.502. The van der Waals surface area contributed by atoms with Crippen LogP contribution in [-0.4, -0.2) is 30.0 Å². The quantitative estimate of drug-likeness (QED) is 0.483. The molecule has 7 heteroatoms. The van der Waals surface area contributed by atoms with Gasteiger partial charge in [-0.1, -0.05) is 12.1 Å². The van der Waals surface area contributed by atoms with Crippen molar-refractivity contribution in [3.8, 4) is 0 Å². The molecule has 0 spiro atoms. The van der Waals surface area contributed by atoms with E-state index in [9.17, 15) is 19.7 Å². The van der Waals surface area contributed by atoms with Crippen LogP contribution >= 0.6 is 0 Å². The zero-order chi connectivity index (χ0) is 14.4. The first-order valence-corrected chi connectivity index (χ1v) is 5.52. The highest BCUT2D eigenvalue weighted by atomic mass is 16.6. The Balaban J connectivity index is 2.89. The average Bonchev–Trinajstić information content (AvgIpc) is 2.36. The van der Waals surface area contributed by atoms with Gasteiger partial charge < -0.3 is 10.1 Å². The zero-order valence-corrected chi connectivity index (χ0v) is 10.6. The SMILES string of the molecule is COC(=O)C(Cc1cccc([N+](=O)[O-])c1)NC(C)=O. The number of esters is 1. The van der Waals surface area contributed by atoms with Crippen molar-refractivity contribution in [1.82, 2.24) is 5.32 Å². The van der Waals surface area contributed by atoms with Gasteiger partial charge in [-0.25, -0.2) is 4.79 Å². The molecule has 0 saturated heterocycles. The van der Waals surface area contributed by atoms with Crippen molar-refractivity contribution in [3.63, 3.8) is 0 Å². The molecule has 0 heterocycles. The van der Waals surface area contributed by atoms with Crippen molar-refractivity contribution in [3.05, 3.63) is 39.9 Å². The van der Waals surface area contributed by atoms with Gasteiger partial charge in [0.25, 0.3) is 5.69 Å². The number of nitrogens with one attached hydrogen (secondary N) is 1. The van der Waals surface area contributed by atoms with Crippen LogP contribution in [0.3, 0.4) is 0 Å². The summed E-state index contributed by atoms with van der Waals surface area (Å²) in [6.45, 7) is 1.28. The Morgan fingerprint density at radius 2 is 2.16 bits per heavy atom. The highest BCUT2D eigenvalue weighted by Gasteiger charge is 2.21. The van der Waals surface area contributed by atoms with Gasteiger partial charge in [0, 0.05) is 25.5 Å². The standard InChI is InChI=1S/C12H14N2O5/c1-8(15)13-11(12(16)19-2)7-9-4-3-5-10(6-9)14(17)18/h3-6,11H,7H2,1-2H3,(H,13,15). The Labute approximate surface area is 109 Å². The largest absolute Gasteiger partial charge is 0.467 e. The summed E-state index contributed by atoms with van der Waals surface area (Å²) in [5, 5.41) is 13.1. The van der Waals surface area contributed by atoms with Gasteiger partial charge in [0.2, 0.25) is 5.91 Å². The van der Waals surface area contributed by atoms with E-state index in [1.807, 2.05) is 0 Å². The molecule has 1 rings (SSSR count). The number of benzene rings is 1. The molecule has 0 aliphatic carbocycles. The van der Waals surface area contributed by atoms with E-state index in [1.165, 1.54) is 32.2 Å². The molecule has 1 atom stereocenters. The molecular weight excluding hydrogens is 252 g/mol. The summed E-state index contributed by atoms with van der Waals surface area (Å²) in [7, 11) is 1.21. The maximum atomic E-state index is 11.5. The lowest BCUT2D eigenvalue weighted by atomic mass is 10.1. The Hall–Kier alpha value is -2.44. The van der Waals surface area contributed by atoms with E-state index >= 15 is 0 Å². The second-order valence-electron chi connectivity index (χ2n) is 3.91.